The number of amides is 2. The Morgan fingerprint density at radius 2 is 2.19 bits per heavy atom. The molecule has 1 aliphatic heterocycles. The van der Waals surface area contributed by atoms with Gasteiger partial charge >= 0.3 is 6.09 Å². The van der Waals surface area contributed by atoms with Gasteiger partial charge in [0.15, 0.2) is 5.82 Å². The predicted molar refractivity (Wildman–Crippen MR) is 72.5 cm³/mol. The largest absolute Gasteiger partial charge is 0.450 e. The van der Waals surface area contributed by atoms with Crippen molar-refractivity contribution in [3.8, 4) is 0 Å². The summed E-state index contributed by atoms with van der Waals surface area (Å²) in [6.45, 7) is 3.10. The van der Waals surface area contributed by atoms with E-state index in [4.69, 9.17) is 4.74 Å². The van der Waals surface area contributed by atoms with Crippen molar-refractivity contribution in [2.24, 2.45) is 0 Å². The minimum Gasteiger partial charge on any atom is -0.450 e. The molecule has 2 heterocycles. The monoisotopic (exact) mass is 297 g/mol. The molecule has 1 aliphatic rings. The van der Waals surface area contributed by atoms with Crippen LogP contribution in [0.5, 0.6) is 0 Å². The first-order valence-corrected chi connectivity index (χ1v) is 6.88. The van der Waals surface area contributed by atoms with Crippen LogP contribution in [0, 0.1) is 0 Å². The third-order valence-electron chi connectivity index (χ3n) is 3.16. The zero-order chi connectivity index (χ0) is 15.2. The summed E-state index contributed by atoms with van der Waals surface area (Å²) in [5, 5.41) is 19.3. The number of anilines is 1. The third kappa shape index (κ3) is 4.42. The van der Waals surface area contributed by atoms with E-state index >= 15 is 0 Å². The molecule has 21 heavy (non-hydrogen) atoms. The lowest BCUT2D eigenvalue weighted by Gasteiger charge is -2.29. The molecule has 2 rings (SSSR count). The second-order valence-electron chi connectivity index (χ2n) is 4.76. The van der Waals surface area contributed by atoms with E-state index in [-0.39, 0.29) is 31.0 Å². The highest BCUT2D eigenvalue weighted by Gasteiger charge is 2.21. The highest BCUT2D eigenvalue weighted by molar-refractivity contribution is 5.83. The highest BCUT2D eigenvalue weighted by atomic mass is 16.5. The number of hydrogen-bond acceptors (Lipinski definition) is 6. The number of aromatic nitrogens is 3. The first-order valence-electron chi connectivity index (χ1n) is 6.88. The molecule has 1 aromatic heterocycles. The molecular weight excluding hydrogens is 278 g/mol. The minimum absolute atomic E-state index is 0.0492. The van der Waals surface area contributed by atoms with Gasteiger partial charge in [-0.25, -0.2) is 9.48 Å². The van der Waals surface area contributed by atoms with Crippen molar-refractivity contribution in [3.05, 3.63) is 6.20 Å². The summed E-state index contributed by atoms with van der Waals surface area (Å²) in [7, 11) is 0. The van der Waals surface area contributed by atoms with Gasteiger partial charge < -0.3 is 14.7 Å². The fourth-order valence-corrected chi connectivity index (χ4v) is 2.06. The number of nitrogens with one attached hydrogen (secondary N) is 1. The molecule has 0 radical (unpaired) electrons. The molecule has 0 aromatic carbocycles. The Kier molecular flexibility index (Phi) is 5.09. The molecule has 0 spiro atoms. The maximum atomic E-state index is 12.1. The van der Waals surface area contributed by atoms with Crippen LogP contribution in [0.25, 0.3) is 0 Å². The van der Waals surface area contributed by atoms with E-state index in [0.29, 0.717) is 25.9 Å². The van der Waals surface area contributed by atoms with E-state index < -0.39 is 6.09 Å². The number of carbonyl (C=O) groups excluding carboxylic acids is 2. The van der Waals surface area contributed by atoms with Crippen LogP contribution in [0.3, 0.4) is 0 Å². The Labute approximate surface area is 121 Å². The van der Waals surface area contributed by atoms with Crippen LogP contribution in [0.1, 0.15) is 19.8 Å². The summed E-state index contributed by atoms with van der Waals surface area (Å²) in [6, 6.07) is 0. The average Bonchev–Trinajstić information content (AvgIpc) is 2.86. The van der Waals surface area contributed by atoms with Crippen molar-refractivity contribution in [3.63, 3.8) is 0 Å². The van der Waals surface area contributed by atoms with E-state index in [2.05, 4.69) is 15.6 Å². The van der Waals surface area contributed by atoms with Crippen molar-refractivity contribution in [2.75, 3.05) is 25.0 Å². The molecule has 0 unspecified atom stereocenters. The van der Waals surface area contributed by atoms with Gasteiger partial charge in [0.2, 0.25) is 5.91 Å². The molecule has 9 nitrogen and oxygen atoms in total. The van der Waals surface area contributed by atoms with Crippen LogP contribution >= 0.6 is 0 Å². The summed E-state index contributed by atoms with van der Waals surface area (Å²) < 4.78 is 6.07. The molecule has 0 bridgehead atoms. The Hall–Kier alpha value is -2.16. The lowest BCUT2D eigenvalue weighted by molar-refractivity contribution is -0.134. The van der Waals surface area contributed by atoms with Gasteiger partial charge in [-0.3, -0.25) is 10.1 Å². The Bertz CT molecular complexity index is 496. The summed E-state index contributed by atoms with van der Waals surface area (Å²) >= 11 is 0. The quantitative estimate of drug-likeness (QED) is 0.798. The van der Waals surface area contributed by atoms with Crippen LogP contribution in [0.4, 0.5) is 10.6 Å². The molecule has 2 amide bonds. The Morgan fingerprint density at radius 3 is 2.86 bits per heavy atom. The van der Waals surface area contributed by atoms with Crippen molar-refractivity contribution in [1.82, 2.24) is 19.9 Å². The molecule has 1 saturated heterocycles. The van der Waals surface area contributed by atoms with Crippen LogP contribution in [-0.2, 0) is 16.1 Å². The van der Waals surface area contributed by atoms with E-state index in [0.717, 1.165) is 0 Å². The molecule has 0 saturated carbocycles. The van der Waals surface area contributed by atoms with Gasteiger partial charge in [0, 0.05) is 13.1 Å². The SMILES string of the molecule is CCOC(=O)Nc1cn(CC(=O)N2CCC(O)CC2)nn1. The highest BCUT2D eigenvalue weighted by Crippen LogP contribution is 2.10. The second kappa shape index (κ2) is 7.02. The normalized spacial score (nSPS) is 15.8. The van der Waals surface area contributed by atoms with Gasteiger partial charge in [-0.05, 0) is 19.8 Å². The molecule has 2 N–H and O–H groups in total. The smallest absolute Gasteiger partial charge is 0.412 e. The maximum absolute atomic E-state index is 12.1. The molecule has 1 fully saturated rings. The standard InChI is InChI=1S/C12H19N5O4/c1-2-21-12(20)13-10-7-17(15-14-10)8-11(19)16-5-3-9(18)4-6-16/h7,9,18H,2-6,8H2,1H3,(H,13,20). The topological polar surface area (TPSA) is 110 Å². The summed E-state index contributed by atoms with van der Waals surface area (Å²) in [6.07, 6.45) is 1.73. The lowest BCUT2D eigenvalue weighted by atomic mass is 10.1. The van der Waals surface area contributed by atoms with Crippen molar-refractivity contribution in [2.45, 2.75) is 32.4 Å². The minimum atomic E-state index is -0.610. The van der Waals surface area contributed by atoms with Gasteiger partial charge in [0.25, 0.3) is 0 Å². The molecule has 116 valence electrons. The van der Waals surface area contributed by atoms with E-state index in [1.165, 1.54) is 10.9 Å². The van der Waals surface area contributed by atoms with Crippen LogP contribution in [0.2, 0.25) is 0 Å². The van der Waals surface area contributed by atoms with Gasteiger partial charge in [0.1, 0.15) is 6.54 Å². The number of rotatable bonds is 4. The molecular formula is C12H19N5O4. The van der Waals surface area contributed by atoms with E-state index in [1.54, 1.807) is 11.8 Å². The molecule has 0 atom stereocenters. The number of hydrogen-bond donors (Lipinski definition) is 2. The fourth-order valence-electron chi connectivity index (χ4n) is 2.06. The molecule has 0 aliphatic carbocycles. The molecule has 9 heteroatoms. The number of aliphatic hydroxyl groups excluding tert-OH is 1. The zero-order valence-electron chi connectivity index (χ0n) is 11.9. The van der Waals surface area contributed by atoms with Crippen molar-refractivity contribution in [1.29, 1.82) is 0 Å². The van der Waals surface area contributed by atoms with E-state index in [9.17, 15) is 14.7 Å². The van der Waals surface area contributed by atoms with Crippen molar-refractivity contribution >= 4 is 17.8 Å². The lowest BCUT2D eigenvalue weighted by Crippen LogP contribution is -2.41. The van der Waals surface area contributed by atoms with Gasteiger partial charge in [0.05, 0.1) is 18.9 Å². The predicted octanol–water partition coefficient (Wildman–Crippen LogP) is -0.170. The number of nitrogens with zero attached hydrogens (tertiary/aromatic N) is 4. The number of likely N-dealkylation sites (tertiary alicyclic amines) is 1. The average molecular weight is 297 g/mol. The number of ether oxygens (including phenoxy) is 1. The molecule has 1 aromatic rings. The number of aliphatic hydroxyl groups is 1. The van der Waals surface area contributed by atoms with E-state index in [1.807, 2.05) is 0 Å². The van der Waals surface area contributed by atoms with Gasteiger partial charge in [-0.2, -0.15) is 0 Å². The summed E-state index contributed by atoms with van der Waals surface area (Å²) in [4.78, 5) is 25.0. The summed E-state index contributed by atoms with van der Waals surface area (Å²) in [5.74, 6) is 0.143. The van der Waals surface area contributed by atoms with Crippen LogP contribution in [0.15, 0.2) is 6.20 Å². The van der Waals surface area contributed by atoms with Crippen LogP contribution < -0.4 is 5.32 Å². The summed E-state index contributed by atoms with van der Waals surface area (Å²) in [5.41, 5.74) is 0. The fraction of sp³-hybridized carbons (Fsp3) is 0.667. The first-order chi connectivity index (χ1) is 10.1. The second-order valence-corrected chi connectivity index (χ2v) is 4.76. The van der Waals surface area contributed by atoms with Gasteiger partial charge in [-0.1, -0.05) is 5.21 Å². The number of piperidine rings is 1. The maximum Gasteiger partial charge on any atom is 0.412 e. The zero-order valence-corrected chi connectivity index (χ0v) is 11.9. The van der Waals surface area contributed by atoms with Crippen molar-refractivity contribution < 1.29 is 19.4 Å². The Morgan fingerprint density at radius 1 is 1.48 bits per heavy atom. The third-order valence-corrected chi connectivity index (χ3v) is 3.16. The van der Waals surface area contributed by atoms with Gasteiger partial charge in [-0.15, -0.1) is 5.10 Å². The van der Waals surface area contributed by atoms with Crippen LogP contribution in [-0.4, -0.2) is 62.8 Å². The first kappa shape index (κ1) is 15.2. The Balaban J connectivity index is 1.84. The number of carbonyl (C=O) groups is 2.